The quantitative estimate of drug-likeness (QED) is 0.753. The molecule has 0 spiro atoms. The number of hydrogen-bond acceptors (Lipinski definition) is 4. The van der Waals surface area contributed by atoms with E-state index in [0.29, 0.717) is 4.99 Å². The largest absolute Gasteiger partial charge is 0.393 e. The lowest BCUT2D eigenvalue weighted by molar-refractivity contribution is 0.291. The molecular weight excluding hydrogens is 214 g/mol. The van der Waals surface area contributed by atoms with Crippen LogP contribution in [0.25, 0.3) is 0 Å². The third-order valence-electron chi connectivity index (χ3n) is 1.98. The van der Waals surface area contributed by atoms with E-state index in [0.717, 1.165) is 26.1 Å². The molecule has 1 heterocycles. The predicted molar refractivity (Wildman–Crippen MR) is 64.5 cm³/mol. The van der Waals surface area contributed by atoms with Crippen molar-refractivity contribution in [1.82, 2.24) is 9.88 Å². The first-order valence-corrected chi connectivity index (χ1v) is 5.89. The number of rotatable bonds is 6. The Morgan fingerprint density at radius 2 is 2.50 bits per heavy atom. The van der Waals surface area contributed by atoms with Gasteiger partial charge in [0, 0.05) is 30.6 Å². The van der Waals surface area contributed by atoms with Crippen molar-refractivity contribution < 1.29 is 0 Å². The molecule has 14 heavy (non-hydrogen) atoms. The highest BCUT2D eigenvalue weighted by Crippen LogP contribution is 2.09. The van der Waals surface area contributed by atoms with E-state index in [1.54, 1.807) is 11.3 Å². The highest BCUT2D eigenvalue weighted by molar-refractivity contribution is 7.80. The highest BCUT2D eigenvalue weighted by atomic mass is 32.1. The summed E-state index contributed by atoms with van der Waals surface area (Å²) in [5.74, 6) is 0. The summed E-state index contributed by atoms with van der Waals surface area (Å²) in [5, 5.41) is 0. The van der Waals surface area contributed by atoms with Crippen molar-refractivity contribution in [2.75, 3.05) is 13.1 Å². The zero-order valence-corrected chi connectivity index (χ0v) is 9.90. The van der Waals surface area contributed by atoms with Gasteiger partial charge in [0.25, 0.3) is 0 Å². The van der Waals surface area contributed by atoms with Gasteiger partial charge in [-0.1, -0.05) is 19.1 Å². The smallest absolute Gasteiger partial charge is 0.0794 e. The summed E-state index contributed by atoms with van der Waals surface area (Å²) < 4.78 is 0. The molecule has 0 fully saturated rings. The molecule has 78 valence electrons. The van der Waals surface area contributed by atoms with Crippen molar-refractivity contribution in [1.29, 1.82) is 0 Å². The van der Waals surface area contributed by atoms with Crippen molar-refractivity contribution in [3.63, 3.8) is 0 Å². The molecular formula is C9H15N3S2. The fourth-order valence-corrected chi connectivity index (χ4v) is 1.89. The highest BCUT2D eigenvalue weighted by Gasteiger charge is 2.04. The van der Waals surface area contributed by atoms with E-state index in [1.807, 2.05) is 11.7 Å². The molecule has 0 bridgehead atoms. The topological polar surface area (TPSA) is 42.1 Å². The molecule has 1 aromatic heterocycles. The van der Waals surface area contributed by atoms with E-state index in [2.05, 4.69) is 16.8 Å². The number of nitrogens with zero attached hydrogens (tertiary/aromatic N) is 2. The zero-order chi connectivity index (χ0) is 10.4. The van der Waals surface area contributed by atoms with Crippen LogP contribution in [0.4, 0.5) is 0 Å². The van der Waals surface area contributed by atoms with Crippen LogP contribution in [0.15, 0.2) is 11.7 Å². The van der Waals surface area contributed by atoms with Gasteiger partial charge in [-0.05, 0) is 6.54 Å². The average Bonchev–Trinajstić information content (AvgIpc) is 2.64. The monoisotopic (exact) mass is 229 g/mol. The zero-order valence-electron chi connectivity index (χ0n) is 8.27. The molecule has 1 rings (SSSR count). The minimum atomic E-state index is 0.591. The summed E-state index contributed by atoms with van der Waals surface area (Å²) in [7, 11) is 0. The predicted octanol–water partition coefficient (Wildman–Crippen LogP) is 1.64. The van der Waals surface area contributed by atoms with Gasteiger partial charge < -0.3 is 5.73 Å². The molecule has 2 N–H and O–H groups in total. The Morgan fingerprint density at radius 3 is 3.00 bits per heavy atom. The lowest BCUT2D eigenvalue weighted by atomic mass is 10.3. The van der Waals surface area contributed by atoms with Gasteiger partial charge in [0.05, 0.1) is 10.5 Å². The van der Waals surface area contributed by atoms with E-state index < -0.39 is 0 Å². The third kappa shape index (κ3) is 4.13. The van der Waals surface area contributed by atoms with Gasteiger partial charge in [0.15, 0.2) is 0 Å². The molecule has 0 saturated heterocycles. The van der Waals surface area contributed by atoms with Gasteiger partial charge >= 0.3 is 0 Å². The first kappa shape index (κ1) is 11.6. The van der Waals surface area contributed by atoms with Crippen LogP contribution in [-0.4, -0.2) is 28.0 Å². The average molecular weight is 229 g/mol. The molecule has 0 aliphatic heterocycles. The van der Waals surface area contributed by atoms with Gasteiger partial charge in [0.2, 0.25) is 0 Å². The van der Waals surface area contributed by atoms with Crippen molar-refractivity contribution in [3.8, 4) is 0 Å². The normalized spacial score (nSPS) is 10.7. The maximum atomic E-state index is 5.46. The number of aromatic nitrogens is 1. The van der Waals surface area contributed by atoms with Gasteiger partial charge in [-0.25, -0.2) is 0 Å². The fraction of sp³-hybridized carbons (Fsp3) is 0.556. The van der Waals surface area contributed by atoms with Crippen molar-refractivity contribution in [3.05, 3.63) is 16.6 Å². The molecule has 5 heteroatoms. The minimum Gasteiger partial charge on any atom is -0.393 e. The molecule has 1 aromatic rings. The number of hydrogen-bond donors (Lipinski definition) is 1. The summed E-state index contributed by atoms with van der Waals surface area (Å²) in [6.45, 7) is 5.04. The number of thiocarbonyl (C=S) groups is 1. The second-order valence-corrected chi connectivity index (χ2v) is 4.55. The van der Waals surface area contributed by atoms with Crippen LogP contribution in [0.1, 0.15) is 18.2 Å². The number of nitrogens with two attached hydrogens (primary N) is 1. The Kier molecular flexibility index (Phi) is 5.00. The molecule has 3 nitrogen and oxygen atoms in total. The maximum Gasteiger partial charge on any atom is 0.0794 e. The van der Waals surface area contributed by atoms with Crippen molar-refractivity contribution in [2.24, 2.45) is 5.73 Å². The Labute approximate surface area is 93.9 Å². The molecule has 0 amide bonds. The summed E-state index contributed by atoms with van der Waals surface area (Å²) in [5.41, 5.74) is 7.32. The SMILES string of the molecule is CCN(CCC(N)=S)Cc1cncs1. The van der Waals surface area contributed by atoms with Crippen LogP contribution in [0.2, 0.25) is 0 Å². The van der Waals surface area contributed by atoms with Gasteiger partial charge in [0.1, 0.15) is 0 Å². The van der Waals surface area contributed by atoms with Gasteiger partial charge in [-0.2, -0.15) is 0 Å². The van der Waals surface area contributed by atoms with E-state index >= 15 is 0 Å². The first-order chi connectivity index (χ1) is 6.72. The van der Waals surface area contributed by atoms with Crippen LogP contribution in [0, 0.1) is 0 Å². The first-order valence-electron chi connectivity index (χ1n) is 4.60. The molecule has 0 radical (unpaired) electrons. The van der Waals surface area contributed by atoms with Gasteiger partial charge in [-0.15, -0.1) is 11.3 Å². The Bertz CT molecular complexity index is 272. The second kappa shape index (κ2) is 6.06. The summed E-state index contributed by atoms with van der Waals surface area (Å²) in [6.07, 6.45) is 2.70. The lowest BCUT2D eigenvalue weighted by Gasteiger charge is -2.18. The Morgan fingerprint density at radius 1 is 1.71 bits per heavy atom. The minimum absolute atomic E-state index is 0.591. The molecule has 0 atom stereocenters. The summed E-state index contributed by atoms with van der Waals surface area (Å²) in [4.78, 5) is 8.24. The molecule has 0 aromatic carbocycles. The van der Waals surface area contributed by atoms with Crippen molar-refractivity contribution in [2.45, 2.75) is 19.9 Å². The Hall–Kier alpha value is -0.520. The van der Waals surface area contributed by atoms with Crippen LogP contribution < -0.4 is 5.73 Å². The van der Waals surface area contributed by atoms with Crippen molar-refractivity contribution >= 4 is 28.5 Å². The Balaban J connectivity index is 2.35. The maximum absolute atomic E-state index is 5.46. The third-order valence-corrected chi connectivity index (χ3v) is 2.95. The summed E-state index contributed by atoms with van der Waals surface area (Å²) in [6, 6.07) is 0. The van der Waals surface area contributed by atoms with E-state index in [4.69, 9.17) is 18.0 Å². The van der Waals surface area contributed by atoms with E-state index in [1.165, 1.54) is 4.88 Å². The van der Waals surface area contributed by atoms with E-state index in [9.17, 15) is 0 Å². The van der Waals surface area contributed by atoms with Crippen LogP contribution in [-0.2, 0) is 6.54 Å². The second-order valence-electron chi connectivity index (χ2n) is 3.05. The molecule has 0 aliphatic carbocycles. The standard InChI is InChI=1S/C9H15N3S2/c1-2-12(4-3-9(10)13)6-8-5-11-7-14-8/h5,7H,2-4,6H2,1H3,(H2,10,13). The van der Waals surface area contributed by atoms with E-state index in [-0.39, 0.29) is 0 Å². The summed E-state index contributed by atoms with van der Waals surface area (Å²) >= 11 is 6.54. The van der Waals surface area contributed by atoms with Crippen LogP contribution in [0.5, 0.6) is 0 Å². The molecule has 0 saturated carbocycles. The lowest BCUT2D eigenvalue weighted by Crippen LogP contribution is -2.26. The molecule has 0 aliphatic rings. The molecule has 0 unspecified atom stereocenters. The fourth-order valence-electron chi connectivity index (χ4n) is 1.16. The van der Waals surface area contributed by atoms with Crippen LogP contribution in [0.3, 0.4) is 0 Å². The van der Waals surface area contributed by atoms with Gasteiger partial charge in [-0.3, -0.25) is 9.88 Å². The van der Waals surface area contributed by atoms with Crippen LogP contribution >= 0.6 is 23.6 Å². The number of thiazole rings is 1.